The van der Waals surface area contributed by atoms with E-state index >= 15 is 0 Å². The average Bonchev–Trinajstić information content (AvgIpc) is 2.91. The molecule has 1 atom stereocenters. The predicted molar refractivity (Wildman–Crippen MR) is 164 cm³/mol. The minimum atomic E-state index is -4.14. The second kappa shape index (κ2) is 13.8. The maximum atomic E-state index is 14.0. The first-order chi connectivity index (χ1) is 18.8. The quantitative estimate of drug-likeness (QED) is 0.259. The van der Waals surface area contributed by atoms with Gasteiger partial charge in [-0.25, -0.2) is 8.42 Å². The normalized spacial score (nSPS) is 12.2. The van der Waals surface area contributed by atoms with Gasteiger partial charge in [-0.05, 0) is 88.0 Å². The molecule has 0 saturated carbocycles. The van der Waals surface area contributed by atoms with Crippen LogP contribution in [0, 0.1) is 6.92 Å². The Hall–Kier alpha value is -2.72. The molecule has 0 aliphatic heterocycles. The molecule has 0 fully saturated rings. The van der Waals surface area contributed by atoms with Crippen LogP contribution in [-0.4, -0.2) is 50.0 Å². The van der Waals surface area contributed by atoms with Crippen LogP contribution in [0.1, 0.15) is 31.9 Å². The smallest absolute Gasteiger partial charge is 0.264 e. The van der Waals surface area contributed by atoms with Gasteiger partial charge in [-0.1, -0.05) is 47.0 Å². The number of rotatable bonds is 11. The Morgan fingerprint density at radius 1 is 0.950 bits per heavy atom. The van der Waals surface area contributed by atoms with Crippen LogP contribution in [0.5, 0.6) is 0 Å². The molecule has 0 aliphatic carbocycles. The number of amides is 2. The summed E-state index contributed by atoms with van der Waals surface area (Å²) in [6.45, 7) is 6.58. The van der Waals surface area contributed by atoms with E-state index in [1.807, 2.05) is 27.0 Å². The first-order valence-electron chi connectivity index (χ1n) is 12.6. The Bertz CT molecular complexity index is 1450. The highest BCUT2D eigenvalue weighted by molar-refractivity contribution is 7.98. The predicted octanol–water partition coefficient (Wildman–Crippen LogP) is 6.16. The van der Waals surface area contributed by atoms with E-state index in [-0.39, 0.29) is 23.4 Å². The van der Waals surface area contributed by atoms with Crippen LogP contribution in [0.4, 0.5) is 5.69 Å². The molecule has 0 spiro atoms. The first-order valence-corrected chi connectivity index (χ1v) is 16.0. The van der Waals surface area contributed by atoms with Crippen molar-refractivity contribution < 1.29 is 18.0 Å². The number of hydrogen-bond acceptors (Lipinski definition) is 5. The molecule has 3 rings (SSSR count). The zero-order chi connectivity index (χ0) is 29.6. The third-order valence-electron chi connectivity index (χ3n) is 6.20. The summed E-state index contributed by atoms with van der Waals surface area (Å²) < 4.78 is 28.9. The van der Waals surface area contributed by atoms with E-state index < -0.39 is 28.5 Å². The molecule has 214 valence electrons. The number of carbonyl (C=O) groups is 2. The van der Waals surface area contributed by atoms with Gasteiger partial charge in [0.1, 0.15) is 12.6 Å². The lowest BCUT2D eigenvalue weighted by molar-refractivity contribution is -0.139. The second-order valence-electron chi connectivity index (χ2n) is 9.62. The van der Waals surface area contributed by atoms with Crippen LogP contribution >= 0.6 is 35.0 Å². The van der Waals surface area contributed by atoms with Crippen LogP contribution in [0.15, 0.2) is 76.5 Å². The van der Waals surface area contributed by atoms with Crippen molar-refractivity contribution in [2.24, 2.45) is 0 Å². The van der Waals surface area contributed by atoms with Crippen LogP contribution in [-0.2, 0) is 26.2 Å². The number of carbonyl (C=O) groups excluding carboxylic acids is 2. The Morgan fingerprint density at radius 2 is 1.57 bits per heavy atom. The molecular formula is C29H33Cl2N3O4S2. The second-order valence-corrected chi connectivity index (χ2v) is 13.2. The molecule has 3 aromatic carbocycles. The Kier molecular flexibility index (Phi) is 10.9. The van der Waals surface area contributed by atoms with E-state index in [0.29, 0.717) is 21.3 Å². The third-order valence-corrected chi connectivity index (χ3v) is 9.32. The fourth-order valence-electron chi connectivity index (χ4n) is 3.94. The number of thioether (sulfide) groups is 1. The highest BCUT2D eigenvalue weighted by atomic mass is 35.5. The average molecular weight is 623 g/mol. The fourth-order valence-corrected chi connectivity index (χ4v) is 6.23. The molecule has 0 heterocycles. The van der Waals surface area contributed by atoms with Crippen molar-refractivity contribution in [1.29, 1.82) is 0 Å². The summed E-state index contributed by atoms with van der Waals surface area (Å²) >= 11 is 14.0. The fraction of sp³-hybridized carbons (Fsp3) is 0.310. The highest BCUT2D eigenvalue weighted by Gasteiger charge is 2.33. The van der Waals surface area contributed by atoms with Crippen LogP contribution < -0.4 is 9.62 Å². The van der Waals surface area contributed by atoms with Gasteiger partial charge < -0.3 is 10.2 Å². The lowest BCUT2D eigenvalue weighted by atomic mass is 10.1. The molecule has 0 saturated heterocycles. The largest absolute Gasteiger partial charge is 0.352 e. The standard InChI is InChI=1S/C29H33Cl2N3O4S2/c1-19(2)32-29(36)21(4)33(17-22-8-9-23(30)16-27(22)31)28(35)18-34(24-10-6-20(3)7-11-24)40(37,38)26-14-12-25(39-5)13-15-26/h6-16,19,21H,17-18H2,1-5H3,(H,32,36)/t21-/m0/s1. The Labute approximate surface area is 250 Å². The van der Waals surface area contributed by atoms with Crippen molar-refractivity contribution in [3.05, 3.63) is 87.9 Å². The number of nitrogens with one attached hydrogen (secondary N) is 1. The third kappa shape index (κ3) is 7.94. The van der Waals surface area contributed by atoms with Crippen molar-refractivity contribution in [2.45, 2.75) is 56.1 Å². The molecule has 7 nitrogen and oxygen atoms in total. The summed E-state index contributed by atoms with van der Waals surface area (Å²) in [7, 11) is -4.14. The molecule has 40 heavy (non-hydrogen) atoms. The molecule has 1 N–H and O–H groups in total. The Balaban J connectivity index is 2.05. The van der Waals surface area contributed by atoms with E-state index in [1.54, 1.807) is 61.5 Å². The SMILES string of the molecule is CSc1ccc(S(=O)(=O)N(CC(=O)N(Cc2ccc(Cl)cc2Cl)[C@@H](C)C(=O)NC(C)C)c2ccc(C)cc2)cc1. The van der Waals surface area contributed by atoms with Crippen molar-refractivity contribution in [2.75, 3.05) is 17.1 Å². The maximum absolute atomic E-state index is 14.0. The molecular weight excluding hydrogens is 589 g/mol. The summed E-state index contributed by atoms with van der Waals surface area (Å²) in [6, 6.07) is 17.2. The number of anilines is 1. The van der Waals surface area contributed by atoms with Gasteiger partial charge in [0.2, 0.25) is 11.8 Å². The number of halogens is 2. The summed E-state index contributed by atoms with van der Waals surface area (Å²) in [5.41, 5.74) is 1.84. The molecule has 2 amide bonds. The van der Waals surface area contributed by atoms with Crippen molar-refractivity contribution in [1.82, 2.24) is 10.2 Å². The summed E-state index contributed by atoms with van der Waals surface area (Å²) in [5.74, 6) is -0.937. The van der Waals surface area contributed by atoms with Crippen molar-refractivity contribution in [3.63, 3.8) is 0 Å². The molecule has 0 aliphatic rings. The number of benzene rings is 3. The summed E-state index contributed by atoms with van der Waals surface area (Å²) in [5, 5.41) is 3.59. The Morgan fingerprint density at radius 3 is 2.12 bits per heavy atom. The zero-order valence-corrected chi connectivity index (χ0v) is 26.2. The minimum absolute atomic E-state index is 0.0221. The minimum Gasteiger partial charge on any atom is -0.352 e. The van der Waals surface area contributed by atoms with Gasteiger partial charge in [0.15, 0.2) is 0 Å². The van der Waals surface area contributed by atoms with Crippen LogP contribution in [0.3, 0.4) is 0 Å². The van der Waals surface area contributed by atoms with Gasteiger partial charge in [0.25, 0.3) is 10.0 Å². The van der Waals surface area contributed by atoms with Gasteiger partial charge in [-0.3, -0.25) is 13.9 Å². The number of aryl methyl sites for hydroxylation is 1. The van der Waals surface area contributed by atoms with E-state index in [4.69, 9.17) is 23.2 Å². The first kappa shape index (κ1) is 31.8. The van der Waals surface area contributed by atoms with Crippen LogP contribution in [0.2, 0.25) is 10.0 Å². The van der Waals surface area contributed by atoms with E-state index in [9.17, 15) is 18.0 Å². The van der Waals surface area contributed by atoms with Crippen molar-refractivity contribution >= 4 is 62.5 Å². The lowest BCUT2D eigenvalue weighted by Gasteiger charge is -2.32. The van der Waals surface area contributed by atoms with Gasteiger partial charge in [-0.15, -0.1) is 11.8 Å². The van der Waals surface area contributed by atoms with Gasteiger partial charge in [0.05, 0.1) is 10.6 Å². The number of hydrogen-bond donors (Lipinski definition) is 1. The van der Waals surface area contributed by atoms with Gasteiger partial charge in [0, 0.05) is 27.5 Å². The lowest BCUT2D eigenvalue weighted by Crippen LogP contribution is -2.52. The molecule has 0 bridgehead atoms. The monoisotopic (exact) mass is 621 g/mol. The number of sulfonamides is 1. The van der Waals surface area contributed by atoms with Gasteiger partial charge >= 0.3 is 0 Å². The zero-order valence-electron chi connectivity index (χ0n) is 23.0. The number of nitrogens with zero attached hydrogens (tertiary/aromatic N) is 2. The highest BCUT2D eigenvalue weighted by Crippen LogP contribution is 2.27. The van der Waals surface area contributed by atoms with Gasteiger partial charge in [-0.2, -0.15) is 0 Å². The molecule has 0 unspecified atom stereocenters. The van der Waals surface area contributed by atoms with E-state index in [0.717, 1.165) is 14.8 Å². The summed E-state index contributed by atoms with van der Waals surface area (Å²) in [6.07, 6.45) is 1.90. The summed E-state index contributed by atoms with van der Waals surface area (Å²) in [4.78, 5) is 29.3. The molecule has 3 aromatic rings. The maximum Gasteiger partial charge on any atom is 0.264 e. The molecule has 0 radical (unpaired) electrons. The molecule has 11 heteroatoms. The topological polar surface area (TPSA) is 86.8 Å². The van der Waals surface area contributed by atoms with Crippen molar-refractivity contribution in [3.8, 4) is 0 Å². The van der Waals surface area contributed by atoms with E-state index in [1.165, 1.54) is 28.8 Å². The van der Waals surface area contributed by atoms with E-state index in [2.05, 4.69) is 5.32 Å². The van der Waals surface area contributed by atoms with Crippen LogP contribution in [0.25, 0.3) is 0 Å². The molecule has 0 aromatic heterocycles.